The number of hydrogen-bond donors (Lipinski definition) is 2. The van der Waals surface area contributed by atoms with Crippen LogP contribution in [0, 0.1) is 11.2 Å². The monoisotopic (exact) mass is 598 g/mol. The number of alkyl halides is 3. The summed E-state index contributed by atoms with van der Waals surface area (Å²) in [6, 6.07) is 6.25. The molecule has 0 bridgehead atoms. The highest BCUT2D eigenvalue weighted by molar-refractivity contribution is 7.89. The van der Waals surface area contributed by atoms with E-state index in [1.54, 1.807) is 0 Å². The van der Waals surface area contributed by atoms with Crippen LogP contribution in [0.2, 0.25) is 0 Å². The largest absolute Gasteiger partial charge is 0.475 e. The molecule has 0 radical (unpaired) electrons. The number of benzene rings is 1. The molecule has 2 aromatic rings. The molecule has 1 atom stereocenters. The number of amides is 1. The number of carbonyl (C=O) groups excluding carboxylic acids is 1. The Balaban J connectivity index is 1.81. The van der Waals surface area contributed by atoms with Gasteiger partial charge in [0.25, 0.3) is 0 Å². The molecule has 1 fully saturated rings. The Labute approximate surface area is 235 Å². The highest BCUT2D eigenvalue weighted by atomic mass is 32.2. The molecule has 3 rings (SSSR count). The highest BCUT2D eigenvalue weighted by Gasteiger charge is 2.39. The average Bonchev–Trinajstić information content (AvgIpc) is 3.43. The van der Waals surface area contributed by atoms with E-state index in [2.05, 4.69) is 16.9 Å². The standard InChI is InChI=1S/C27H30F4N4O5S/c1-18(27(29,30)31)5-6-19(16-32)20-14-22(34-25(15-20)40-13-12-39-2)17-33-26(36)24-4-3-11-35(24)41(37,38)23-9-7-21(28)8-10-23/h6-10,14-16,24,32H,1,3-5,11-13,17H2,2H3,(H,33,36)/b19-6+,32-16?. The van der Waals surface area contributed by atoms with Gasteiger partial charge in [-0.3, -0.25) is 4.79 Å². The molecule has 41 heavy (non-hydrogen) atoms. The molecule has 2 N–H and O–H groups in total. The topological polar surface area (TPSA) is 122 Å². The molecule has 1 aromatic carbocycles. The summed E-state index contributed by atoms with van der Waals surface area (Å²) in [6.07, 6.45) is -2.31. The molecule has 1 aromatic heterocycles. The average molecular weight is 599 g/mol. The second-order valence-corrected chi connectivity index (χ2v) is 11.0. The van der Waals surface area contributed by atoms with E-state index in [1.807, 2.05) is 0 Å². The highest BCUT2D eigenvalue weighted by Crippen LogP contribution is 2.29. The number of hydrogen-bond acceptors (Lipinski definition) is 7. The fourth-order valence-electron chi connectivity index (χ4n) is 4.06. The number of rotatable bonds is 13. The van der Waals surface area contributed by atoms with Crippen molar-refractivity contribution < 1.29 is 40.2 Å². The molecule has 9 nitrogen and oxygen atoms in total. The van der Waals surface area contributed by atoms with E-state index in [9.17, 15) is 30.8 Å². The third kappa shape index (κ3) is 8.44. The van der Waals surface area contributed by atoms with Gasteiger partial charge in [0.1, 0.15) is 18.5 Å². The molecule has 0 saturated carbocycles. The summed E-state index contributed by atoms with van der Waals surface area (Å²) >= 11 is 0. The van der Waals surface area contributed by atoms with Gasteiger partial charge in [-0.2, -0.15) is 17.5 Å². The number of aromatic nitrogens is 1. The minimum atomic E-state index is -4.58. The van der Waals surface area contributed by atoms with E-state index >= 15 is 0 Å². The Bertz CT molecular complexity index is 1400. The van der Waals surface area contributed by atoms with Crippen LogP contribution in [0.5, 0.6) is 5.88 Å². The van der Waals surface area contributed by atoms with E-state index in [0.717, 1.165) is 34.8 Å². The lowest BCUT2D eigenvalue weighted by atomic mass is 10.0. The van der Waals surface area contributed by atoms with E-state index in [4.69, 9.17) is 14.9 Å². The summed E-state index contributed by atoms with van der Waals surface area (Å²) in [5, 5.41) is 10.4. The van der Waals surface area contributed by atoms with Crippen molar-refractivity contribution in [2.45, 2.75) is 42.9 Å². The van der Waals surface area contributed by atoms with Crippen LogP contribution >= 0.6 is 0 Å². The smallest absolute Gasteiger partial charge is 0.412 e. The lowest BCUT2D eigenvalue weighted by molar-refractivity contribution is -0.124. The number of methoxy groups -OCH3 is 1. The number of nitrogens with zero attached hydrogens (tertiary/aromatic N) is 2. The number of nitrogens with one attached hydrogen (secondary N) is 2. The molecule has 1 unspecified atom stereocenters. The SMILES string of the molecule is C=C(C/C=C(\C=N)c1cc(CNC(=O)C2CCCN2S(=O)(=O)c2ccc(F)cc2)nc(OCCOC)c1)C(F)(F)F. The quantitative estimate of drug-likeness (QED) is 0.154. The maximum absolute atomic E-state index is 13.3. The summed E-state index contributed by atoms with van der Waals surface area (Å²) in [4.78, 5) is 17.3. The Morgan fingerprint density at radius 1 is 1.24 bits per heavy atom. The number of pyridine rings is 1. The molecule has 0 spiro atoms. The van der Waals surface area contributed by atoms with Crippen molar-refractivity contribution in [1.82, 2.24) is 14.6 Å². The van der Waals surface area contributed by atoms with Gasteiger partial charge in [-0.25, -0.2) is 17.8 Å². The molecular formula is C27H30F4N4O5S. The first-order valence-corrected chi connectivity index (χ1v) is 13.9. The predicted molar refractivity (Wildman–Crippen MR) is 143 cm³/mol. The minimum absolute atomic E-state index is 0.0903. The minimum Gasteiger partial charge on any atom is -0.475 e. The zero-order valence-electron chi connectivity index (χ0n) is 22.2. The lowest BCUT2D eigenvalue weighted by Gasteiger charge is -2.23. The van der Waals surface area contributed by atoms with Crippen molar-refractivity contribution in [3.05, 3.63) is 71.7 Å². The van der Waals surface area contributed by atoms with Crippen LogP contribution in [-0.4, -0.2) is 68.9 Å². The van der Waals surface area contributed by atoms with E-state index in [-0.39, 0.29) is 54.8 Å². The van der Waals surface area contributed by atoms with Gasteiger partial charge < -0.3 is 20.2 Å². The summed E-state index contributed by atoms with van der Waals surface area (Å²) < 4.78 is 89.8. The Morgan fingerprint density at radius 3 is 2.59 bits per heavy atom. The first kappa shape index (κ1) is 31.9. The third-order valence-electron chi connectivity index (χ3n) is 6.22. The van der Waals surface area contributed by atoms with Gasteiger partial charge in [0.15, 0.2) is 0 Å². The van der Waals surface area contributed by atoms with Crippen LogP contribution in [0.3, 0.4) is 0 Å². The third-order valence-corrected chi connectivity index (χ3v) is 8.14. The van der Waals surface area contributed by atoms with Gasteiger partial charge in [-0.05, 0) is 60.7 Å². The van der Waals surface area contributed by atoms with Gasteiger partial charge in [0.05, 0.1) is 23.7 Å². The number of carbonyl (C=O) groups is 1. The fourth-order valence-corrected chi connectivity index (χ4v) is 5.71. The van der Waals surface area contributed by atoms with Crippen molar-refractivity contribution >= 4 is 27.7 Å². The first-order valence-electron chi connectivity index (χ1n) is 12.5. The molecule has 2 heterocycles. The number of ether oxygens (including phenoxy) is 2. The maximum Gasteiger partial charge on any atom is 0.412 e. The molecule has 14 heteroatoms. The summed E-state index contributed by atoms with van der Waals surface area (Å²) in [5.74, 6) is -1.08. The van der Waals surface area contributed by atoms with Crippen LogP contribution in [0.25, 0.3) is 5.57 Å². The van der Waals surface area contributed by atoms with Gasteiger partial charge >= 0.3 is 6.18 Å². The van der Waals surface area contributed by atoms with Crippen LogP contribution in [0.1, 0.15) is 30.5 Å². The Hall–Kier alpha value is -3.62. The normalized spacial score (nSPS) is 16.4. The summed E-state index contributed by atoms with van der Waals surface area (Å²) in [5.41, 5.74) is -0.249. The van der Waals surface area contributed by atoms with Crippen molar-refractivity contribution in [3.63, 3.8) is 0 Å². The maximum atomic E-state index is 13.3. The van der Waals surface area contributed by atoms with Gasteiger partial charge in [0, 0.05) is 31.5 Å². The predicted octanol–water partition coefficient (Wildman–Crippen LogP) is 4.26. The molecule has 1 aliphatic heterocycles. The van der Waals surface area contributed by atoms with Gasteiger partial charge in [0.2, 0.25) is 21.8 Å². The van der Waals surface area contributed by atoms with Crippen LogP contribution in [-0.2, 0) is 26.1 Å². The molecule has 0 aliphatic carbocycles. The fraction of sp³-hybridized carbons (Fsp3) is 0.370. The second-order valence-electron chi connectivity index (χ2n) is 9.08. The van der Waals surface area contributed by atoms with Gasteiger partial charge in [-0.15, -0.1) is 0 Å². The van der Waals surface area contributed by atoms with Crippen molar-refractivity contribution in [2.75, 3.05) is 26.9 Å². The van der Waals surface area contributed by atoms with E-state index in [0.29, 0.717) is 12.0 Å². The van der Waals surface area contributed by atoms with Crippen LogP contribution < -0.4 is 10.1 Å². The zero-order chi connectivity index (χ0) is 30.2. The molecular weight excluding hydrogens is 568 g/mol. The zero-order valence-corrected chi connectivity index (χ0v) is 23.0. The lowest BCUT2D eigenvalue weighted by Crippen LogP contribution is -2.45. The first-order chi connectivity index (χ1) is 19.4. The van der Waals surface area contributed by atoms with E-state index in [1.165, 1.54) is 25.3 Å². The van der Waals surface area contributed by atoms with Crippen molar-refractivity contribution in [1.29, 1.82) is 5.41 Å². The molecule has 222 valence electrons. The van der Waals surface area contributed by atoms with Crippen LogP contribution in [0.4, 0.5) is 17.6 Å². The summed E-state index contributed by atoms with van der Waals surface area (Å²) in [7, 11) is -2.59. The summed E-state index contributed by atoms with van der Waals surface area (Å²) in [6.45, 7) is 3.34. The van der Waals surface area contributed by atoms with Crippen molar-refractivity contribution in [2.24, 2.45) is 0 Å². The molecule has 1 amide bonds. The molecule has 1 aliphatic rings. The Kier molecular flexibility index (Phi) is 10.8. The molecule has 1 saturated heterocycles. The van der Waals surface area contributed by atoms with Crippen molar-refractivity contribution in [3.8, 4) is 5.88 Å². The van der Waals surface area contributed by atoms with Crippen LogP contribution in [0.15, 0.2) is 59.5 Å². The van der Waals surface area contributed by atoms with Gasteiger partial charge in [-0.1, -0.05) is 12.7 Å². The number of sulfonamides is 1. The number of allylic oxidation sites excluding steroid dienone is 3. The van der Waals surface area contributed by atoms with E-state index < -0.39 is 46.0 Å². The number of halogens is 4. The Morgan fingerprint density at radius 2 is 1.95 bits per heavy atom. The second kappa shape index (κ2) is 13.8.